The van der Waals surface area contributed by atoms with E-state index in [1.54, 1.807) is 6.92 Å². The molecule has 0 saturated heterocycles. The van der Waals surface area contributed by atoms with Crippen LogP contribution in [-0.4, -0.2) is 75.4 Å². The molecule has 184 valence electrons. The summed E-state index contributed by atoms with van der Waals surface area (Å²) in [6.45, 7) is 3.80. The zero-order chi connectivity index (χ0) is 25.1. The fraction of sp³-hybridized carbons (Fsp3) is 0.391. The van der Waals surface area contributed by atoms with Gasteiger partial charge in [0.1, 0.15) is 5.82 Å². The van der Waals surface area contributed by atoms with Gasteiger partial charge in [0.05, 0.1) is 23.9 Å². The number of anilines is 1. The number of amides is 2. The normalized spacial score (nSPS) is 11.0. The number of hydrogen-bond acceptors (Lipinski definition) is 7. The first-order valence-corrected chi connectivity index (χ1v) is 10.9. The van der Waals surface area contributed by atoms with Crippen LogP contribution in [0.3, 0.4) is 0 Å². The Bertz CT molecular complexity index is 1050. The Morgan fingerprint density at radius 1 is 1.11 bits per heavy atom. The van der Waals surface area contributed by atoms with E-state index >= 15 is 0 Å². The molecule has 2 aromatic rings. The van der Waals surface area contributed by atoms with Crippen molar-refractivity contribution in [3.05, 3.63) is 63.3 Å². The number of carboxylic acid groups (broad SMARTS) is 1. The average molecular weight is 496 g/mol. The molecule has 1 heterocycles. The number of nitro groups is 1. The van der Waals surface area contributed by atoms with Crippen molar-refractivity contribution in [3.63, 3.8) is 0 Å². The molecule has 12 heteroatoms. The van der Waals surface area contributed by atoms with Gasteiger partial charge in [-0.15, -0.1) is 0 Å². The Labute approximate surface area is 225 Å². The third-order valence-electron chi connectivity index (χ3n) is 5.02. The quantitative estimate of drug-likeness (QED) is 0.142. The fourth-order valence-electron chi connectivity index (χ4n) is 3.25. The Morgan fingerprint density at radius 3 is 2.51 bits per heavy atom. The van der Waals surface area contributed by atoms with Crippen LogP contribution in [-0.2, 0) is 14.4 Å². The van der Waals surface area contributed by atoms with Gasteiger partial charge in [-0.1, -0.05) is 18.2 Å². The van der Waals surface area contributed by atoms with Gasteiger partial charge < -0.3 is 21.1 Å². The second-order valence-electron chi connectivity index (χ2n) is 7.85. The van der Waals surface area contributed by atoms with E-state index in [2.05, 4.69) is 20.9 Å². The number of unbranched alkanes of at least 4 members (excludes halogenated alkanes) is 1. The number of carboxylic acids is 1. The zero-order valence-corrected chi connectivity index (χ0v) is 19.2. The van der Waals surface area contributed by atoms with E-state index in [9.17, 15) is 29.6 Å². The van der Waals surface area contributed by atoms with E-state index in [4.69, 9.17) is 0 Å². The summed E-state index contributed by atoms with van der Waals surface area (Å²) < 4.78 is 0. The van der Waals surface area contributed by atoms with E-state index in [-0.39, 0.29) is 54.1 Å². The zero-order valence-electron chi connectivity index (χ0n) is 19.2. The Hall–Kier alpha value is -3.02. The molecule has 2 amide bonds. The van der Waals surface area contributed by atoms with E-state index < -0.39 is 29.3 Å². The predicted molar refractivity (Wildman–Crippen MR) is 132 cm³/mol. The molecule has 2 rings (SSSR count). The minimum atomic E-state index is -1.17. The van der Waals surface area contributed by atoms with Crippen LogP contribution in [0.15, 0.2) is 36.4 Å². The van der Waals surface area contributed by atoms with Crippen molar-refractivity contribution >= 4 is 58.8 Å². The van der Waals surface area contributed by atoms with Crippen molar-refractivity contribution in [1.29, 1.82) is 0 Å². The third kappa shape index (κ3) is 10.8. The van der Waals surface area contributed by atoms with Gasteiger partial charge in [-0.25, -0.2) is 4.98 Å². The van der Waals surface area contributed by atoms with Gasteiger partial charge in [0.25, 0.3) is 5.69 Å². The van der Waals surface area contributed by atoms with Crippen molar-refractivity contribution in [2.24, 2.45) is 0 Å². The van der Waals surface area contributed by atoms with Crippen LogP contribution < -0.4 is 16.0 Å². The SMILES string of the molecule is Cc1cccc(NCCCCC(=O)NCC(=O)NC(CC(=O)O)c2ccc(C)c([N+](=O)[O-])c2)n1.[NaH]. The van der Waals surface area contributed by atoms with E-state index in [0.29, 0.717) is 24.1 Å². The molecule has 0 aliphatic rings. The van der Waals surface area contributed by atoms with E-state index in [0.717, 1.165) is 17.9 Å². The number of rotatable bonds is 13. The molecule has 1 unspecified atom stereocenters. The van der Waals surface area contributed by atoms with Crippen molar-refractivity contribution in [3.8, 4) is 0 Å². The maximum atomic E-state index is 12.3. The maximum absolute atomic E-state index is 12.3. The number of benzene rings is 1. The first kappa shape index (κ1) is 30.0. The monoisotopic (exact) mass is 495 g/mol. The number of pyridine rings is 1. The van der Waals surface area contributed by atoms with Gasteiger partial charge in [-0.3, -0.25) is 24.5 Å². The fourth-order valence-corrected chi connectivity index (χ4v) is 3.25. The molecule has 0 aliphatic heterocycles. The van der Waals surface area contributed by atoms with Crippen molar-refractivity contribution < 1.29 is 24.4 Å². The number of aromatic nitrogens is 1. The molecular weight excluding hydrogens is 465 g/mol. The number of nitrogens with zero attached hydrogens (tertiary/aromatic N) is 2. The number of nitrogens with one attached hydrogen (secondary N) is 3. The number of hydrogen-bond donors (Lipinski definition) is 4. The molecule has 4 N–H and O–H groups in total. The number of aliphatic carboxylic acids is 1. The van der Waals surface area contributed by atoms with E-state index in [1.807, 2.05) is 25.1 Å². The van der Waals surface area contributed by atoms with Gasteiger partial charge >= 0.3 is 35.5 Å². The Kier molecular flexibility index (Phi) is 12.9. The predicted octanol–water partition coefficient (Wildman–Crippen LogP) is 1.99. The summed E-state index contributed by atoms with van der Waals surface area (Å²) in [7, 11) is 0. The van der Waals surface area contributed by atoms with Crippen molar-refractivity contribution in [2.75, 3.05) is 18.4 Å². The van der Waals surface area contributed by atoms with Crippen LogP contribution in [0.2, 0.25) is 0 Å². The van der Waals surface area contributed by atoms with Crippen LogP contribution in [0.5, 0.6) is 0 Å². The topological polar surface area (TPSA) is 164 Å². The van der Waals surface area contributed by atoms with Crippen LogP contribution >= 0.6 is 0 Å². The van der Waals surface area contributed by atoms with Gasteiger partial charge in [0.15, 0.2) is 0 Å². The number of carbonyl (C=O) groups excluding carboxylic acids is 2. The van der Waals surface area contributed by atoms with Crippen LogP contribution in [0.25, 0.3) is 0 Å². The number of carbonyl (C=O) groups is 3. The van der Waals surface area contributed by atoms with Crippen LogP contribution in [0.1, 0.15) is 48.5 Å². The van der Waals surface area contributed by atoms with Crippen molar-refractivity contribution in [1.82, 2.24) is 15.6 Å². The molecule has 11 nitrogen and oxygen atoms in total. The van der Waals surface area contributed by atoms with Gasteiger partial charge in [0, 0.05) is 30.3 Å². The summed E-state index contributed by atoms with van der Waals surface area (Å²) in [6.07, 6.45) is 1.13. The Morgan fingerprint density at radius 2 is 1.86 bits per heavy atom. The molecular formula is C23H30N5NaO6. The summed E-state index contributed by atoms with van der Waals surface area (Å²) in [5.41, 5.74) is 1.47. The molecule has 1 aromatic carbocycles. The van der Waals surface area contributed by atoms with Gasteiger partial charge in [0.2, 0.25) is 11.8 Å². The molecule has 0 bridgehead atoms. The molecule has 1 aromatic heterocycles. The Balaban J connectivity index is 0.00000612. The molecule has 0 saturated carbocycles. The van der Waals surface area contributed by atoms with E-state index in [1.165, 1.54) is 18.2 Å². The van der Waals surface area contributed by atoms with Crippen molar-refractivity contribution in [2.45, 2.75) is 45.6 Å². The molecule has 1 atom stereocenters. The number of nitro benzene ring substituents is 1. The summed E-state index contributed by atoms with van der Waals surface area (Å²) >= 11 is 0. The van der Waals surface area contributed by atoms with Crippen LogP contribution in [0.4, 0.5) is 11.5 Å². The second-order valence-corrected chi connectivity index (χ2v) is 7.85. The second kappa shape index (κ2) is 15.1. The summed E-state index contributed by atoms with van der Waals surface area (Å²) in [5.74, 6) is -1.29. The minimum absolute atomic E-state index is 0. The van der Waals surface area contributed by atoms with Gasteiger partial charge in [-0.05, 0) is 44.4 Å². The summed E-state index contributed by atoms with van der Waals surface area (Å²) in [4.78, 5) is 50.5. The third-order valence-corrected chi connectivity index (χ3v) is 5.02. The molecule has 0 radical (unpaired) electrons. The molecule has 0 spiro atoms. The van der Waals surface area contributed by atoms with Crippen LogP contribution in [0, 0.1) is 24.0 Å². The molecule has 0 fully saturated rings. The first-order chi connectivity index (χ1) is 16.2. The summed E-state index contributed by atoms with van der Waals surface area (Å²) in [5, 5.41) is 28.6. The standard InChI is InChI=1S/C23H29N5O6.Na.H/c1-15-9-10-17(12-19(15)28(33)34)18(13-23(31)32)27-22(30)14-25-21(29)8-3-4-11-24-20-7-5-6-16(2)26-20;;/h5-7,9-10,12,18H,3-4,8,11,13-14H2,1-2H3,(H,24,26)(H,25,29)(H,27,30)(H,31,32);;. The first-order valence-electron chi connectivity index (χ1n) is 10.9. The average Bonchev–Trinajstić information content (AvgIpc) is 2.77. The summed E-state index contributed by atoms with van der Waals surface area (Å²) in [6, 6.07) is 8.99. The molecule has 35 heavy (non-hydrogen) atoms. The molecule has 0 aliphatic carbocycles. The van der Waals surface area contributed by atoms with Gasteiger partial charge in [-0.2, -0.15) is 0 Å². The number of aryl methyl sites for hydroxylation is 2.